The van der Waals surface area contributed by atoms with Crippen molar-refractivity contribution in [2.45, 2.75) is 41.2 Å². The molecule has 2 aromatic carbocycles. The molecule has 0 saturated heterocycles. The second-order valence-electron chi connectivity index (χ2n) is 8.51. The number of anilines is 2. The van der Waals surface area contributed by atoms with Crippen LogP contribution in [-0.4, -0.2) is 33.7 Å². The number of nitrogens with one attached hydrogen (secondary N) is 1. The van der Waals surface area contributed by atoms with Gasteiger partial charge in [0.25, 0.3) is 0 Å². The fourth-order valence-corrected chi connectivity index (χ4v) is 7.25. The van der Waals surface area contributed by atoms with Crippen molar-refractivity contribution in [2.75, 3.05) is 5.32 Å². The van der Waals surface area contributed by atoms with Gasteiger partial charge >= 0.3 is 161 Å². The predicted octanol–water partition coefficient (Wildman–Crippen LogP) is 5.55. The zero-order valence-corrected chi connectivity index (χ0v) is 23.0. The van der Waals surface area contributed by atoms with E-state index in [1.54, 1.807) is 16.8 Å². The van der Waals surface area contributed by atoms with E-state index >= 15 is 0 Å². The number of rotatable bonds is 10. The van der Waals surface area contributed by atoms with Crippen molar-refractivity contribution in [1.29, 1.82) is 0 Å². The zero-order valence-electron chi connectivity index (χ0n) is 20.1. The van der Waals surface area contributed by atoms with Crippen LogP contribution in [0.5, 0.6) is 5.75 Å². The minimum absolute atomic E-state index is 0.0178. The molecule has 2 N–H and O–H groups in total. The summed E-state index contributed by atoms with van der Waals surface area (Å²) < 4.78 is 35.2. The fraction of sp³-hybridized carbons (Fsp3) is 0.269. The van der Waals surface area contributed by atoms with Crippen molar-refractivity contribution in [3.63, 3.8) is 0 Å². The number of fused-ring (bicyclic) bond motifs is 2. The number of hydrogen-bond acceptors (Lipinski definition) is 6. The van der Waals surface area contributed by atoms with Crippen LogP contribution in [0.15, 0.2) is 67.3 Å². The van der Waals surface area contributed by atoms with Gasteiger partial charge in [-0.1, -0.05) is 12.1 Å². The molecule has 0 unspecified atom stereocenters. The molecule has 0 aliphatic heterocycles. The molecule has 0 radical (unpaired) electrons. The molecular weight excluding hydrogens is 657 g/mol. The third kappa shape index (κ3) is 5.50. The van der Waals surface area contributed by atoms with Crippen LogP contribution in [0.4, 0.5) is 15.9 Å². The molecule has 3 heterocycles. The number of benzene rings is 2. The molecular formula is C26H28AtFN6O2. The maximum absolute atomic E-state index is 13.6. The van der Waals surface area contributed by atoms with Crippen LogP contribution in [0.1, 0.15) is 25.8 Å². The molecule has 0 aliphatic rings. The number of hydrogen-bond donors (Lipinski definition) is 2. The summed E-state index contributed by atoms with van der Waals surface area (Å²) in [6.07, 6.45) is 5.97. The van der Waals surface area contributed by atoms with Crippen molar-refractivity contribution >= 4 is 27.9 Å². The van der Waals surface area contributed by atoms with Gasteiger partial charge in [-0.2, -0.15) is 5.10 Å². The Balaban J connectivity index is 1.36. The normalized spacial score (nSPS) is 12.7. The van der Waals surface area contributed by atoms with Crippen LogP contribution < -0.4 is 10.1 Å². The van der Waals surface area contributed by atoms with Gasteiger partial charge in [-0.3, -0.25) is 4.68 Å². The van der Waals surface area contributed by atoms with Gasteiger partial charge in [0.2, 0.25) is 0 Å². The van der Waals surface area contributed by atoms with E-state index in [4.69, 9.17) is 4.74 Å². The standard InChI is InChI=1S/C26H28AtFN6O2/c1-3-27(35)11-9-18(2)36-24-10-12-33-25(24)26(29-17-31-33)32-22-7-8-23-20(14-22)15-30-34(23)16-19-5-4-6-21(28)13-19/h4-8,10,12-15,17-18,35H,3,9,11,16H2,1-2H3,(H,29,31,32)/t18-/m0/s1. The van der Waals surface area contributed by atoms with Crippen LogP contribution in [0.25, 0.3) is 16.4 Å². The Kier molecular flexibility index (Phi) is 7.44. The summed E-state index contributed by atoms with van der Waals surface area (Å²) >= 11 is -2.06. The molecule has 0 amide bonds. The number of aromatic nitrogens is 5. The minimum atomic E-state index is -2.06. The van der Waals surface area contributed by atoms with Crippen LogP contribution in [0.3, 0.4) is 0 Å². The van der Waals surface area contributed by atoms with Crippen molar-refractivity contribution < 1.29 is 34.5 Å². The average molecular weight is 686 g/mol. The van der Waals surface area contributed by atoms with Crippen molar-refractivity contribution in [3.8, 4) is 5.75 Å². The Hall–Kier alpha value is -3.10. The Morgan fingerprint density at radius 2 is 2.06 bits per heavy atom. The first kappa shape index (κ1) is 24.6. The number of halogens is 1. The van der Waals surface area contributed by atoms with Crippen molar-refractivity contribution in [1.82, 2.24) is 24.4 Å². The van der Waals surface area contributed by atoms with Crippen LogP contribution in [0, 0.1) is 28.0 Å². The molecule has 10 heteroatoms. The van der Waals surface area contributed by atoms with Crippen molar-refractivity contribution in [2.24, 2.45) is 0 Å². The SMILES string of the molecule is CC[At](O)CC[C@H](C)Oc1ccn2ncnc(Nc3ccc4c(cnn4Cc4cccc(F)c4)c3)c12. The molecule has 1 atom stereocenters. The topological polar surface area (TPSA) is 89.5 Å². The summed E-state index contributed by atoms with van der Waals surface area (Å²) in [4.78, 5) is 4.47. The number of ether oxygens (including phenoxy) is 1. The third-order valence-electron chi connectivity index (χ3n) is 5.91. The quantitative estimate of drug-likeness (QED) is 0.201. The van der Waals surface area contributed by atoms with Gasteiger partial charge < -0.3 is 0 Å². The molecule has 8 nitrogen and oxygen atoms in total. The summed E-state index contributed by atoms with van der Waals surface area (Å²) in [7, 11) is 0. The summed E-state index contributed by atoms with van der Waals surface area (Å²) in [6.45, 7) is 4.57. The first-order chi connectivity index (χ1) is 17.5. The van der Waals surface area contributed by atoms with E-state index in [2.05, 4.69) is 27.4 Å². The molecule has 0 saturated carbocycles. The van der Waals surface area contributed by atoms with E-state index in [-0.39, 0.29) is 11.9 Å². The van der Waals surface area contributed by atoms with Crippen LogP contribution in [-0.2, 0) is 6.54 Å². The predicted molar refractivity (Wildman–Crippen MR) is 134 cm³/mol. The van der Waals surface area contributed by atoms with Crippen LogP contribution in [0.2, 0.25) is 8.26 Å². The van der Waals surface area contributed by atoms with E-state index in [0.717, 1.165) is 42.3 Å². The Morgan fingerprint density at radius 1 is 1.17 bits per heavy atom. The monoisotopic (exact) mass is 685 g/mol. The maximum atomic E-state index is 13.6. The molecule has 3 aromatic heterocycles. The summed E-state index contributed by atoms with van der Waals surface area (Å²) in [5.74, 6) is 1.08. The van der Waals surface area contributed by atoms with Crippen molar-refractivity contribution in [3.05, 3.63) is 78.6 Å². The van der Waals surface area contributed by atoms with E-state index in [1.165, 1.54) is 18.5 Å². The molecule has 5 rings (SSSR count). The Bertz CT molecular complexity index is 1490. The van der Waals surface area contributed by atoms with E-state index in [9.17, 15) is 7.57 Å². The molecule has 0 bridgehead atoms. The number of nitrogens with zero attached hydrogens (tertiary/aromatic N) is 5. The second-order valence-corrected chi connectivity index (χ2v) is 15.4. The summed E-state index contributed by atoms with van der Waals surface area (Å²) in [5, 5.41) is 13.2. The molecule has 0 aliphatic carbocycles. The van der Waals surface area contributed by atoms with E-state index in [0.29, 0.717) is 18.1 Å². The van der Waals surface area contributed by atoms with Gasteiger partial charge in [-0.15, -0.1) is 0 Å². The molecule has 188 valence electrons. The Morgan fingerprint density at radius 3 is 2.89 bits per heavy atom. The van der Waals surface area contributed by atoms with Gasteiger partial charge in [0.15, 0.2) is 0 Å². The van der Waals surface area contributed by atoms with Gasteiger partial charge in [0.05, 0.1) is 6.54 Å². The first-order valence-electron chi connectivity index (χ1n) is 11.8. The molecule has 5 aromatic rings. The van der Waals surface area contributed by atoms with Gasteiger partial charge in [-0.25, -0.2) is 4.39 Å². The third-order valence-corrected chi connectivity index (χ3v) is 10.9. The Labute approximate surface area is 217 Å². The average Bonchev–Trinajstić information content (AvgIpc) is 3.47. The first-order valence-corrected chi connectivity index (χ1v) is 17.2. The second kappa shape index (κ2) is 10.9. The zero-order chi connectivity index (χ0) is 25.1. The van der Waals surface area contributed by atoms with Gasteiger partial charge in [0, 0.05) is 0 Å². The van der Waals surface area contributed by atoms with Gasteiger partial charge in [0.1, 0.15) is 5.82 Å². The van der Waals surface area contributed by atoms with Gasteiger partial charge in [-0.05, 0) is 17.7 Å². The molecule has 0 spiro atoms. The van der Waals surface area contributed by atoms with E-state index < -0.39 is 22.2 Å². The summed E-state index contributed by atoms with van der Waals surface area (Å²) in [6, 6.07) is 14.4. The molecule has 0 fully saturated rings. The molecule has 36 heavy (non-hydrogen) atoms. The summed E-state index contributed by atoms with van der Waals surface area (Å²) in [5.41, 5.74) is 3.42. The fourth-order valence-electron chi connectivity index (χ4n) is 4.04. The van der Waals surface area contributed by atoms with E-state index in [1.807, 2.05) is 48.1 Å². The van der Waals surface area contributed by atoms with Crippen LogP contribution >= 0.6 is 0 Å².